The lowest BCUT2D eigenvalue weighted by Gasteiger charge is -2.09. The summed E-state index contributed by atoms with van der Waals surface area (Å²) in [6, 6.07) is 17.2. The van der Waals surface area contributed by atoms with Gasteiger partial charge in [-0.2, -0.15) is 0 Å². The van der Waals surface area contributed by atoms with Crippen LogP contribution in [0, 0.1) is 0 Å². The van der Waals surface area contributed by atoms with E-state index in [2.05, 4.69) is 4.74 Å². The molecular weight excluding hydrogens is 304 g/mol. The third-order valence-corrected chi connectivity index (χ3v) is 2.88. The van der Waals surface area contributed by atoms with Crippen molar-refractivity contribution in [3.8, 4) is 5.75 Å². The first-order valence-electron chi connectivity index (χ1n) is 6.86. The van der Waals surface area contributed by atoms with E-state index in [1.165, 1.54) is 0 Å². The van der Waals surface area contributed by atoms with Crippen LogP contribution in [0.25, 0.3) is 0 Å². The third-order valence-electron chi connectivity index (χ3n) is 2.79. The molecule has 0 heterocycles. The van der Waals surface area contributed by atoms with Crippen LogP contribution in [0.1, 0.15) is 18.1 Å². The Morgan fingerprint density at radius 2 is 1.64 bits per heavy atom. The van der Waals surface area contributed by atoms with Gasteiger partial charge in [0.1, 0.15) is 19.0 Å². The molecule has 4 nitrogen and oxygen atoms in total. The van der Waals surface area contributed by atoms with Gasteiger partial charge in [-0.05, 0) is 30.2 Å². The SMILES string of the molecule is CC(Cl)OC(=O)OCc1ccc(OCc2ccccc2)cc1. The first-order chi connectivity index (χ1) is 10.6. The monoisotopic (exact) mass is 320 g/mol. The predicted molar refractivity (Wildman–Crippen MR) is 83.8 cm³/mol. The maximum absolute atomic E-state index is 11.2. The summed E-state index contributed by atoms with van der Waals surface area (Å²) in [6.45, 7) is 2.18. The lowest BCUT2D eigenvalue weighted by Crippen LogP contribution is -2.11. The van der Waals surface area contributed by atoms with Crippen LogP contribution in [0.2, 0.25) is 0 Å². The van der Waals surface area contributed by atoms with Crippen LogP contribution in [0.3, 0.4) is 0 Å². The van der Waals surface area contributed by atoms with Gasteiger partial charge in [0.2, 0.25) is 0 Å². The van der Waals surface area contributed by atoms with E-state index in [0.717, 1.165) is 16.9 Å². The van der Waals surface area contributed by atoms with Crippen molar-refractivity contribution >= 4 is 17.8 Å². The Morgan fingerprint density at radius 1 is 1.00 bits per heavy atom. The predicted octanol–water partition coefficient (Wildman–Crippen LogP) is 4.50. The third kappa shape index (κ3) is 5.66. The number of carbonyl (C=O) groups excluding carboxylic acids is 1. The maximum Gasteiger partial charge on any atom is 0.510 e. The Balaban J connectivity index is 1.79. The summed E-state index contributed by atoms with van der Waals surface area (Å²) in [7, 11) is 0. The zero-order valence-corrected chi connectivity index (χ0v) is 13.0. The Labute approximate surface area is 134 Å². The van der Waals surface area contributed by atoms with Gasteiger partial charge in [0.25, 0.3) is 0 Å². The van der Waals surface area contributed by atoms with E-state index in [0.29, 0.717) is 6.61 Å². The van der Waals surface area contributed by atoms with Crippen LogP contribution in [-0.4, -0.2) is 11.7 Å². The van der Waals surface area contributed by atoms with Crippen LogP contribution in [0.5, 0.6) is 5.75 Å². The summed E-state index contributed by atoms with van der Waals surface area (Å²) >= 11 is 5.52. The number of benzene rings is 2. The first kappa shape index (κ1) is 16.2. The molecule has 0 saturated carbocycles. The molecule has 0 aliphatic carbocycles. The number of carbonyl (C=O) groups is 1. The minimum Gasteiger partial charge on any atom is -0.489 e. The molecule has 0 fully saturated rings. The second-order valence-electron chi connectivity index (χ2n) is 4.62. The van der Waals surface area contributed by atoms with E-state index in [1.807, 2.05) is 54.6 Å². The summed E-state index contributed by atoms with van der Waals surface area (Å²) in [5.41, 5.74) is 1.24. The second-order valence-corrected chi connectivity index (χ2v) is 5.23. The van der Waals surface area contributed by atoms with Gasteiger partial charge in [0.15, 0.2) is 5.56 Å². The Bertz CT molecular complexity index is 581. The molecule has 1 atom stereocenters. The van der Waals surface area contributed by atoms with E-state index in [1.54, 1.807) is 6.92 Å². The molecule has 0 amide bonds. The molecule has 0 bridgehead atoms. The number of rotatable bonds is 6. The molecule has 5 heteroatoms. The van der Waals surface area contributed by atoms with Crippen molar-refractivity contribution in [2.75, 3.05) is 0 Å². The first-order valence-corrected chi connectivity index (χ1v) is 7.30. The van der Waals surface area contributed by atoms with Crippen molar-refractivity contribution < 1.29 is 19.0 Å². The lowest BCUT2D eigenvalue weighted by molar-refractivity contribution is 0.0445. The number of halogens is 1. The molecule has 22 heavy (non-hydrogen) atoms. The standard InChI is InChI=1S/C17H17ClO4/c1-13(18)22-17(19)21-12-15-7-9-16(10-8-15)20-11-14-5-3-2-4-6-14/h2-10,13H,11-12H2,1H3. The van der Waals surface area contributed by atoms with E-state index in [-0.39, 0.29) is 6.61 Å². The van der Waals surface area contributed by atoms with Crippen molar-refractivity contribution in [3.05, 3.63) is 65.7 Å². The molecule has 1 unspecified atom stereocenters. The summed E-state index contributed by atoms with van der Waals surface area (Å²) in [5, 5.41) is 0. The highest BCUT2D eigenvalue weighted by Crippen LogP contribution is 2.15. The Hall–Kier alpha value is -2.20. The maximum atomic E-state index is 11.2. The minimum atomic E-state index is -0.785. The average molecular weight is 321 g/mol. The van der Waals surface area contributed by atoms with Gasteiger partial charge in [0.05, 0.1) is 0 Å². The van der Waals surface area contributed by atoms with Crippen LogP contribution >= 0.6 is 11.6 Å². The Morgan fingerprint density at radius 3 is 2.27 bits per heavy atom. The van der Waals surface area contributed by atoms with Crippen LogP contribution in [-0.2, 0) is 22.7 Å². The molecule has 0 aliphatic heterocycles. The van der Waals surface area contributed by atoms with Gasteiger partial charge < -0.3 is 14.2 Å². The van der Waals surface area contributed by atoms with Crippen molar-refractivity contribution in [3.63, 3.8) is 0 Å². The number of ether oxygens (including phenoxy) is 3. The minimum absolute atomic E-state index is 0.126. The van der Waals surface area contributed by atoms with Gasteiger partial charge in [-0.15, -0.1) is 0 Å². The molecular formula is C17H17ClO4. The van der Waals surface area contributed by atoms with Crippen LogP contribution in [0.4, 0.5) is 4.79 Å². The van der Waals surface area contributed by atoms with Crippen molar-refractivity contribution in [1.29, 1.82) is 0 Å². The van der Waals surface area contributed by atoms with Crippen LogP contribution in [0.15, 0.2) is 54.6 Å². The molecule has 0 N–H and O–H groups in total. The van der Waals surface area contributed by atoms with E-state index >= 15 is 0 Å². The summed E-state index contributed by atoms with van der Waals surface area (Å²) in [5.74, 6) is 0.754. The van der Waals surface area contributed by atoms with Gasteiger partial charge in [0, 0.05) is 0 Å². The highest BCUT2D eigenvalue weighted by Gasteiger charge is 2.07. The lowest BCUT2D eigenvalue weighted by atomic mass is 10.2. The second kappa shape index (κ2) is 8.29. The van der Waals surface area contributed by atoms with E-state index < -0.39 is 11.7 Å². The Kier molecular flexibility index (Phi) is 6.10. The van der Waals surface area contributed by atoms with E-state index in [9.17, 15) is 4.79 Å². The van der Waals surface area contributed by atoms with Crippen LogP contribution < -0.4 is 4.74 Å². The quantitative estimate of drug-likeness (QED) is 0.580. The molecule has 0 radical (unpaired) electrons. The molecule has 0 spiro atoms. The van der Waals surface area contributed by atoms with Gasteiger partial charge in [-0.1, -0.05) is 54.1 Å². The topological polar surface area (TPSA) is 44.8 Å². The molecule has 2 aromatic carbocycles. The zero-order chi connectivity index (χ0) is 15.8. The van der Waals surface area contributed by atoms with Crippen molar-refractivity contribution in [1.82, 2.24) is 0 Å². The molecule has 0 aromatic heterocycles. The molecule has 0 saturated heterocycles. The largest absolute Gasteiger partial charge is 0.510 e. The fraction of sp³-hybridized carbons (Fsp3) is 0.235. The highest BCUT2D eigenvalue weighted by molar-refractivity contribution is 6.19. The normalized spacial score (nSPS) is 11.5. The summed E-state index contributed by atoms with van der Waals surface area (Å²) in [6.07, 6.45) is -0.785. The van der Waals surface area contributed by atoms with Crippen molar-refractivity contribution in [2.24, 2.45) is 0 Å². The fourth-order valence-corrected chi connectivity index (χ4v) is 1.80. The number of hydrogen-bond acceptors (Lipinski definition) is 4. The zero-order valence-electron chi connectivity index (χ0n) is 12.2. The summed E-state index contributed by atoms with van der Waals surface area (Å²) < 4.78 is 15.3. The molecule has 2 rings (SSSR count). The smallest absolute Gasteiger partial charge is 0.489 e. The van der Waals surface area contributed by atoms with Crippen molar-refractivity contribution in [2.45, 2.75) is 25.7 Å². The van der Waals surface area contributed by atoms with E-state index in [4.69, 9.17) is 21.1 Å². The summed E-state index contributed by atoms with van der Waals surface area (Å²) in [4.78, 5) is 11.2. The molecule has 116 valence electrons. The fourth-order valence-electron chi connectivity index (χ4n) is 1.73. The van der Waals surface area contributed by atoms with Gasteiger partial charge in [-0.3, -0.25) is 0 Å². The number of hydrogen-bond donors (Lipinski definition) is 0. The number of alkyl halides is 1. The molecule has 2 aromatic rings. The average Bonchev–Trinajstić information content (AvgIpc) is 2.52. The van der Waals surface area contributed by atoms with Gasteiger partial charge >= 0.3 is 6.16 Å². The van der Waals surface area contributed by atoms with Gasteiger partial charge in [-0.25, -0.2) is 4.79 Å². The molecule has 0 aliphatic rings. The highest BCUT2D eigenvalue weighted by atomic mass is 35.5.